The minimum Gasteiger partial charge on any atom is -0.390 e. The second-order valence-corrected chi connectivity index (χ2v) is 7.69. The minimum atomic E-state index is -0.815. The van der Waals surface area contributed by atoms with Crippen molar-refractivity contribution in [2.45, 2.75) is 87.9 Å². The van der Waals surface area contributed by atoms with Gasteiger partial charge in [0.25, 0.3) is 0 Å². The third kappa shape index (κ3) is 2.00. The van der Waals surface area contributed by atoms with Gasteiger partial charge in [-0.15, -0.1) is 0 Å². The largest absolute Gasteiger partial charge is 0.390 e. The fraction of sp³-hybridized carbons (Fsp3) is 1.00. The predicted octanol–water partition coefficient (Wildman–Crippen LogP) is 2.13. The van der Waals surface area contributed by atoms with E-state index in [0.717, 1.165) is 32.1 Å². The molecule has 0 aliphatic heterocycles. The van der Waals surface area contributed by atoms with Crippen LogP contribution in [0.15, 0.2) is 0 Å². The molecule has 4 rings (SSSR count). The molecule has 0 heterocycles. The lowest BCUT2D eigenvalue weighted by molar-refractivity contribution is -0.281. The van der Waals surface area contributed by atoms with Gasteiger partial charge in [-0.2, -0.15) is 0 Å². The van der Waals surface area contributed by atoms with Gasteiger partial charge in [0, 0.05) is 19.3 Å². The van der Waals surface area contributed by atoms with Gasteiger partial charge < -0.3 is 15.3 Å². The Morgan fingerprint density at radius 3 is 1.56 bits per heavy atom. The highest BCUT2D eigenvalue weighted by atomic mass is 16.3. The maximum Gasteiger partial charge on any atom is 0.0707 e. The Balaban J connectivity index is 1.84. The van der Waals surface area contributed by atoms with Gasteiger partial charge >= 0.3 is 0 Å². The SMILES string of the molecule is CCCCCC12CC3(O)CC(O)(CC(O)(C3)C1)C2. The van der Waals surface area contributed by atoms with E-state index in [0.29, 0.717) is 19.3 Å². The fourth-order valence-corrected chi connectivity index (χ4v) is 5.70. The normalized spacial score (nSPS) is 54.0. The van der Waals surface area contributed by atoms with Crippen LogP contribution in [0.25, 0.3) is 0 Å². The molecule has 4 bridgehead atoms. The van der Waals surface area contributed by atoms with Crippen molar-refractivity contribution in [3.05, 3.63) is 0 Å². The maximum absolute atomic E-state index is 10.6. The molecular formula is C15H26O3. The molecule has 0 atom stereocenters. The summed E-state index contributed by atoms with van der Waals surface area (Å²) in [6, 6.07) is 0. The van der Waals surface area contributed by atoms with Gasteiger partial charge in [0.15, 0.2) is 0 Å². The van der Waals surface area contributed by atoms with Gasteiger partial charge in [0.2, 0.25) is 0 Å². The molecule has 3 nitrogen and oxygen atoms in total. The molecule has 18 heavy (non-hydrogen) atoms. The van der Waals surface area contributed by atoms with Crippen LogP contribution < -0.4 is 0 Å². The van der Waals surface area contributed by atoms with Crippen LogP contribution in [0.2, 0.25) is 0 Å². The van der Waals surface area contributed by atoms with Crippen molar-refractivity contribution in [3.63, 3.8) is 0 Å². The van der Waals surface area contributed by atoms with Gasteiger partial charge in [-0.3, -0.25) is 0 Å². The zero-order valence-electron chi connectivity index (χ0n) is 11.4. The van der Waals surface area contributed by atoms with Gasteiger partial charge in [-0.25, -0.2) is 0 Å². The number of rotatable bonds is 4. The highest BCUT2D eigenvalue weighted by Gasteiger charge is 2.67. The second kappa shape index (κ2) is 3.71. The van der Waals surface area contributed by atoms with Crippen molar-refractivity contribution in [1.82, 2.24) is 0 Å². The quantitative estimate of drug-likeness (QED) is 0.674. The summed E-state index contributed by atoms with van der Waals surface area (Å²) in [5.41, 5.74) is -2.46. The molecule has 0 unspecified atom stereocenters. The van der Waals surface area contributed by atoms with E-state index in [1.807, 2.05) is 0 Å². The smallest absolute Gasteiger partial charge is 0.0707 e. The van der Waals surface area contributed by atoms with Gasteiger partial charge in [0.05, 0.1) is 16.8 Å². The van der Waals surface area contributed by atoms with E-state index in [1.165, 1.54) is 12.8 Å². The van der Waals surface area contributed by atoms with Crippen LogP contribution in [0.3, 0.4) is 0 Å². The summed E-state index contributed by atoms with van der Waals surface area (Å²) < 4.78 is 0. The Morgan fingerprint density at radius 2 is 1.17 bits per heavy atom. The summed E-state index contributed by atoms with van der Waals surface area (Å²) in [6.45, 7) is 2.19. The van der Waals surface area contributed by atoms with Crippen LogP contribution in [-0.2, 0) is 0 Å². The predicted molar refractivity (Wildman–Crippen MR) is 69.1 cm³/mol. The van der Waals surface area contributed by atoms with Crippen molar-refractivity contribution in [1.29, 1.82) is 0 Å². The Labute approximate surface area is 109 Å². The average Bonchev–Trinajstić information content (AvgIpc) is 2.09. The first-order chi connectivity index (χ1) is 8.30. The van der Waals surface area contributed by atoms with Crippen molar-refractivity contribution < 1.29 is 15.3 Å². The summed E-state index contributed by atoms with van der Waals surface area (Å²) in [6.07, 6.45) is 8.36. The molecule has 0 aromatic rings. The molecule has 0 aromatic heterocycles. The molecule has 4 saturated carbocycles. The summed E-state index contributed by atoms with van der Waals surface area (Å²) in [5, 5.41) is 31.9. The van der Waals surface area contributed by atoms with E-state index in [4.69, 9.17) is 0 Å². The topological polar surface area (TPSA) is 60.7 Å². The van der Waals surface area contributed by atoms with Crippen LogP contribution >= 0.6 is 0 Å². The zero-order valence-corrected chi connectivity index (χ0v) is 11.4. The van der Waals surface area contributed by atoms with Crippen molar-refractivity contribution in [2.75, 3.05) is 0 Å². The van der Waals surface area contributed by atoms with Crippen LogP contribution in [0, 0.1) is 5.41 Å². The molecule has 0 radical (unpaired) electrons. The zero-order chi connectivity index (χ0) is 13.1. The lowest BCUT2D eigenvalue weighted by atomic mass is 9.44. The van der Waals surface area contributed by atoms with E-state index in [-0.39, 0.29) is 5.41 Å². The Morgan fingerprint density at radius 1 is 0.722 bits per heavy atom. The summed E-state index contributed by atoms with van der Waals surface area (Å²) >= 11 is 0. The van der Waals surface area contributed by atoms with E-state index in [1.54, 1.807) is 0 Å². The summed E-state index contributed by atoms with van der Waals surface area (Å²) in [4.78, 5) is 0. The number of unbranched alkanes of at least 4 members (excludes halogenated alkanes) is 2. The molecule has 0 saturated heterocycles. The first kappa shape index (κ1) is 12.9. The van der Waals surface area contributed by atoms with Crippen molar-refractivity contribution >= 4 is 0 Å². The number of hydrogen-bond acceptors (Lipinski definition) is 3. The fourth-order valence-electron chi connectivity index (χ4n) is 5.70. The summed E-state index contributed by atoms with van der Waals surface area (Å²) in [7, 11) is 0. The molecular weight excluding hydrogens is 228 g/mol. The molecule has 4 aliphatic rings. The third-order valence-electron chi connectivity index (χ3n) is 5.40. The lowest BCUT2D eigenvalue weighted by Crippen LogP contribution is -2.69. The van der Waals surface area contributed by atoms with Gasteiger partial charge in [-0.05, 0) is 31.1 Å². The number of hydrogen-bond donors (Lipinski definition) is 3. The molecule has 104 valence electrons. The highest BCUT2D eigenvalue weighted by molar-refractivity contribution is 5.19. The average molecular weight is 254 g/mol. The monoisotopic (exact) mass is 254 g/mol. The molecule has 3 N–H and O–H groups in total. The minimum absolute atomic E-state index is 0.0117. The Hall–Kier alpha value is -0.120. The maximum atomic E-state index is 10.6. The Kier molecular flexibility index (Phi) is 2.66. The molecule has 0 spiro atoms. The Bertz CT molecular complexity index is 298. The first-order valence-corrected chi connectivity index (χ1v) is 7.47. The van der Waals surface area contributed by atoms with Crippen molar-refractivity contribution in [2.24, 2.45) is 5.41 Å². The molecule has 3 heteroatoms. The van der Waals surface area contributed by atoms with E-state index in [2.05, 4.69) is 6.92 Å². The van der Waals surface area contributed by atoms with Crippen LogP contribution in [-0.4, -0.2) is 32.1 Å². The molecule has 0 amide bonds. The lowest BCUT2D eigenvalue weighted by Gasteiger charge is -2.66. The number of aliphatic hydroxyl groups is 3. The first-order valence-electron chi connectivity index (χ1n) is 7.47. The van der Waals surface area contributed by atoms with Gasteiger partial charge in [0.1, 0.15) is 0 Å². The van der Waals surface area contributed by atoms with Crippen LogP contribution in [0.5, 0.6) is 0 Å². The summed E-state index contributed by atoms with van der Waals surface area (Å²) in [5.74, 6) is 0. The highest BCUT2D eigenvalue weighted by Crippen LogP contribution is 2.65. The standard InChI is InChI=1S/C15H26O3/c1-2-3-4-5-12-6-13(16)9-14(17,7-12)11-15(18,8-12)10-13/h16-18H,2-11H2,1H3. The third-order valence-corrected chi connectivity index (χ3v) is 5.40. The molecule has 4 aliphatic carbocycles. The second-order valence-electron chi connectivity index (χ2n) is 7.69. The van der Waals surface area contributed by atoms with E-state index >= 15 is 0 Å². The molecule has 4 fully saturated rings. The van der Waals surface area contributed by atoms with E-state index in [9.17, 15) is 15.3 Å². The van der Waals surface area contributed by atoms with E-state index < -0.39 is 16.8 Å². The van der Waals surface area contributed by atoms with Crippen LogP contribution in [0.4, 0.5) is 0 Å². The van der Waals surface area contributed by atoms with Gasteiger partial charge in [-0.1, -0.05) is 26.2 Å². The molecule has 0 aromatic carbocycles. The van der Waals surface area contributed by atoms with Crippen LogP contribution in [0.1, 0.15) is 71.1 Å². The van der Waals surface area contributed by atoms with Crippen molar-refractivity contribution in [3.8, 4) is 0 Å².